The van der Waals surface area contributed by atoms with Crippen molar-refractivity contribution in [3.05, 3.63) is 95.1 Å². The lowest BCUT2D eigenvalue weighted by atomic mass is 9.99. The van der Waals surface area contributed by atoms with Crippen molar-refractivity contribution < 1.29 is 23.9 Å². The number of benzene rings is 3. The molecule has 1 aliphatic rings. The second-order valence-electron chi connectivity index (χ2n) is 9.37. The zero-order chi connectivity index (χ0) is 26.0. The van der Waals surface area contributed by atoms with E-state index in [1.165, 1.54) is 13.0 Å². The molecule has 1 aliphatic heterocycles. The fourth-order valence-electron chi connectivity index (χ4n) is 3.96. The van der Waals surface area contributed by atoms with Crippen LogP contribution in [0.4, 0.5) is 11.4 Å². The lowest BCUT2D eigenvalue weighted by Crippen LogP contribution is -2.31. The van der Waals surface area contributed by atoms with Gasteiger partial charge in [-0.25, -0.2) is 9.69 Å². The van der Waals surface area contributed by atoms with E-state index < -0.39 is 23.4 Å². The van der Waals surface area contributed by atoms with E-state index in [9.17, 15) is 19.2 Å². The first-order valence-electron chi connectivity index (χ1n) is 11.4. The smallest absolute Gasteiger partial charge is 0.338 e. The number of hydrogen-bond donors (Lipinski definition) is 1. The van der Waals surface area contributed by atoms with Crippen LogP contribution in [0.25, 0.3) is 11.3 Å². The van der Waals surface area contributed by atoms with Crippen molar-refractivity contribution in [2.45, 2.75) is 33.3 Å². The summed E-state index contributed by atoms with van der Waals surface area (Å²) in [4.78, 5) is 50.8. The van der Waals surface area contributed by atoms with Gasteiger partial charge in [-0.05, 0) is 56.7 Å². The van der Waals surface area contributed by atoms with Gasteiger partial charge in [0.1, 0.15) is 11.9 Å². The molecule has 2 amide bonds. The predicted octanol–water partition coefficient (Wildman–Crippen LogP) is 5.33. The first-order valence-corrected chi connectivity index (χ1v) is 11.4. The van der Waals surface area contributed by atoms with Crippen LogP contribution < -0.4 is 10.2 Å². The van der Waals surface area contributed by atoms with Crippen LogP contribution in [0, 0.1) is 0 Å². The zero-order valence-corrected chi connectivity index (χ0v) is 20.5. The summed E-state index contributed by atoms with van der Waals surface area (Å²) in [6.07, 6.45) is 0.674. The van der Waals surface area contributed by atoms with Crippen molar-refractivity contribution in [3.8, 4) is 0 Å². The second kappa shape index (κ2) is 9.62. The van der Waals surface area contributed by atoms with Crippen LogP contribution >= 0.6 is 0 Å². The molecule has 0 radical (unpaired) electrons. The number of carbonyl (C=O) groups excluding carboxylic acids is 4. The maximum Gasteiger partial charge on any atom is 0.338 e. The summed E-state index contributed by atoms with van der Waals surface area (Å²) in [7, 11) is 0. The molecule has 1 heterocycles. The monoisotopic (exact) mass is 482 g/mol. The van der Waals surface area contributed by atoms with Gasteiger partial charge in [0.25, 0.3) is 5.91 Å². The topological polar surface area (TPSA) is 92.8 Å². The average molecular weight is 483 g/mol. The van der Waals surface area contributed by atoms with E-state index in [0.29, 0.717) is 45.6 Å². The third-order valence-corrected chi connectivity index (χ3v) is 5.50. The number of carbonyl (C=O) groups is 4. The normalized spacial score (nSPS) is 14.2. The molecular weight excluding hydrogens is 456 g/mol. The number of rotatable bonds is 5. The molecule has 1 N–H and O–H groups in total. The third-order valence-electron chi connectivity index (χ3n) is 5.50. The Morgan fingerprint density at radius 2 is 1.58 bits per heavy atom. The van der Waals surface area contributed by atoms with Crippen molar-refractivity contribution in [3.63, 3.8) is 0 Å². The standard InChI is InChI=1S/C29H26N2O5/c1-18(33)31-24-16-19(17-32)10-15-23(24)25(27(31)34)26(20-8-6-5-7-9-20)30-22-13-11-21(12-14-22)28(35)36-29(2,3)4/h5-17,30H,1-4H3/b26-25-. The molecule has 36 heavy (non-hydrogen) atoms. The average Bonchev–Trinajstić information content (AvgIpc) is 3.13. The Hall–Kier alpha value is -4.52. The fourth-order valence-corrected chi connectivity index (χ4v) is 3.96. The molecule has 0 bridgehead atoms. The molecule has 0 unspecified atom stereocenters. The molecule has 4 rings (SSSR count). The molecule has 3 aromatic carbocycles. The minimum atomic E-state index is -0.610. The summed E-state index contributed by atoms with van der Waals surface area (Å²) in [5.41, 5.74) is 3.22. The fraction of sp³-hybridized carbons (Fsp3) is 0.172. The van der Waals surface area contributed by atoms with Gasteiger partial charge in [-0.15, -0.1) is 0 Å². The minimum absolute atomic E-state index is 0.306. The van der Waals surface area contributed by atoms with Crippen molar-refractivity contribution in [1.82, 2.24) is 0 Å². The van der Waals surface area contributed by atoms with E-state index >= 15 is 0 Å². The number of nitrogens with one attached hydrogen (secondary N) is 1. The van der Waals surface area contributed by atoms with Gasteiger partial charge < -0.3 is 10.1 Å². The quantitative estimate of drug-likeness (QED) is 0.300. The number of hydrogen-bond acceptors (Lipinski definition) is 6. The first kappa shape index (κ1) is 24.6. The van der Waals surface area contributed by atoms with Crippen molar-refractivity contribution in [2.24, 2.45) is 0 Å². The highest BCUT2D eigenvalue weighted by Gasteiger charge is 2.37. The lowest BCUT2D eigenvalue weighted by Gasteiger charge is -2.19. The molecule has 0 saturated heterocycles. The largest absolute Gasteiger partial charge is 0.456 e. The van der Waals surface area contributed by atoms with Crippen molar-refractivity contribution >= 4 is 46.7 Å². The molecule has 182 valence electrons. The van der Waals surface area contributed by atoms with E-state index in [4.69, 9.17) is 4.74 Å². The van der Waals surface area contributed by atoms with Crippen molar-refractivity contribution in [1.29, 1.82) is 0 Å². The van der Waals surface area contributed by atoms with Crippen LogP contribution in [0.5, 0.6) is 0 Å². The van der Waals surface area contributed by atoms with Gasteiger partial charge in [-0.1, -0.05) is 42.5 Å². The number of ether oxygens (including phenoxy) is 1. The number of esters is 1. The highest BCUT2D eigenvalue weighted by Crippen LogP contribution is 2.41. The van der Waals surface area contributed by atoms with Gasteiger partial charge in [0.05, 0.1) is 22.5 Å². The number of aldehydes is 1. The third kappa shape index (κ3) is 4.95. The molecular formula is C29H26N2O5. The maximum atomic E-state index is 13.5. The Balaban J connectivity index is 1.81. The number of imide groups is 1. The van der Waals surface area contributed by atoms with E-state index in [1.807, 2.05) is 30.3 Å². The van der Waals surface area contributed by atoms with Gasteiger partial charge in [0.2, 0.25) is 5.91 Å². The van der Waals surface area contributed by atoms with Gasteiger partial charge in [-0.2, -0.15) is 0 Å². The highest BCUT2D eigenvalue weighted by molar-refractivity contribution is 6.43. The summed E-state index contributed by atoms with van der Waals surface area (Å²) in [6, 6.07) is 20.8. The van der Waals surface area contributed by atoms with Crippen molar-refractivity contribution in [2.75, 3.05) is 10.2 Å². The van der Waals surface area contributed by atoms with Crippen LogP contribution in [0.2, 0.25) is 0 Å². The van der Waals surface area contributed by atoms with Gasteiger partial charge >= 0.3 is 5.97 Å². The van der Waals surface area contributed by atoms with Crippen LogP contribution in [0.1, 0.15) is 59.5 Å². The number of fused-ring (bicyclic) bond motifs is 1. The van der Waals surface area contributed by atoms with E-state index in [2.05, 4.69) is 5.32 Å². The summed E-state index contributed by atoms with van der Waals surface area (Å²) in [5, 5.41) is 3.31. The first-order chi connectivity index (χ1) is 17.1. The molecule has 0 aliphatic carbocycles. The van der Waals surface area contributed by atoms with Crippen LogP contribution in [0.3, 0.4) is 0 Å². The van der Waals surface area contributed by atoms with Crippen LogP contribution in [-0.4, -0.2) is 29.7 Å². The molecule has 0 atom stereocenters. The Kier molecular flexibility index (Phi) is 6.57. The second-order valence-corrected chi connectivity index (χ2v) is 9.37. The minimum Gasteiger partial charge on any atom is -0.456 e. The molecule has 0 fully saturated rings. The SMILES string of the molecule is CC(=O)N1C(=O)/C(=C(\Nc2ccc(C(=O)OC(C)(C)C)cc2)c2ccccc2)c2ccc(C=O)cc21. The Morgan fingerprint density at radius 3 is 2.17 bits per heavy atom. The predicted molar refractivity (Wildman–Crippen MR) is 138 cm³/mol. The summed E-state index contributed by atoms with van der Waals surface area (Å²) >= 11 is 0. The number of nitrogens with zero attached hydrogens (tertiary/aromatic N) is 1. The summed E-state index contributed by atoms with van der Waals surface area (Å²) in [6.45, 7) is 6.72. The van der Waals surface area contributed by atoms with Gasteiger partial charge in [0.15, 0.2) is 0 Å². The highest BCUT2D eigenvalue weighted by atomic mass is 16.6. The van der Waals surface area contributed by atoms with Crippen LogP contribution in [-0.2, 0) is 14.3 Å². The molecule has 0 saturated carbocycles. The van der Waals surface area contributed by atoms with E-state index in [-0.39, 0.29) is 0 Å². The van der Waals surface area contributed by atoms with E-state index in [0.717, 1.165) is 10.5 Å². The zero-order valence-electron chi connectivity index (χ0n) is 20.5. The van der Waals surface area contributed by atoms with E-state index in [1.54, 1.807) is 57.2 Å². The summed E-state index contributed by atoms with van der Waals surface area (Å²) < 4.78 is 5.43. The summed E-state index contributed by atoms with van der Waals surface area (Å²) in [5.74, 6) is -1.37. The Bertz CT molecular complexity index is 1380. The molecule has 0 aromatic heterocycles. The van der Waals surface area contributed by atoms with Crippen LogP contribution in [0.15, 0.2) is 72.8 Å². The number of amides is 2. The van der Waals surface area contributed by atoms with Gasteiger partial charge in [0, 0.05) is 23.7 Å². The maximum absolute atomic E-state index is 13.5. The Labute approximate surface area is 209 Å². The molecule has 3 aromatic rings. The Morgan fingerprint density at radius 1 is 0.917 bits per heavy atom. The lowest BCUT2D eigenvalue weighted by molar-refractivity contribution is -0.122. The van der Waals surface area contributed by atoms with Gasteiger partial charge in [-0.3, -0.25) is 14.4 Å². The molecule has 7 nitrogen and oxygen atoms in total. The number of anilines is 2. The molecule has 7 heteroatoms. The molecule has 0 spiro atoms.